The van der Waals surface area contributed by atoms with Gasteiger partial charge in [-0.15, -0.1) is 0 Å². The van der Waals surface area contributed by atoms with Gasteiger partial charge in [-0.05, 0) is 29.8 Å². The van der Waals surface area contributed by atoms with E-state index < -0.39 is 0 Å². The topological polar surface area (TPSA) is 45.3 Å². The van der Waals surface area contributed by atoms with Gasteiger partial charge in [-0.3, -0.25) is 4.79 Å². The highest BCUT2D eigenvalue weighted by atomic mass is 32.2. The Hall–Kier alpha value is -3.18. The minimum absolute atomic E-state index is 0.0394. The lowest BCUT2D eigenvalue weighted by Crippen LogP contribution is -2.26. The SMILES string of the molecule is COc1ccc2c(Sc3ccccc3)c(C(=O)N(C)Cc3ccccc3)[nH]c2c1. The van der Waals surface area contributed by atoms with Crippen molar-refractivity contribution < 1.29 is 9.53 Å². The first-order valence-corrected chi connectivity index (χ1v) is 10.2. The molecule has 5 heteroatoms. The summed E-state index contributed by atoms with van der Waals surface area (Å²) in [6.07, 6.45) is 0. The number of rotatable bonds is 6. The zero-order valence-corrected chi connectivity index (χ0v) is 17.2. The highest BCUT2D eigenvalue weighted by Gasteiger charge is 2.22. The van der Waals surface area contributed by atoms with Gasteiger partial charge in [0, 0.05) is 29.9 Å². The number of nitrogens with one attached hydrogen (secondary N) is 1. The normalized spacial score (nSPS) is 10.8. The molecule has 0 saturated carbocycles. The number of aromatic nitrogens is 1. The summed E-state index contributed by atoms with van der Waals surface area (Å²) in [6, 6.07) is 26.0. The second-order valence-electron chi connectivity index (χ2n) is 6.80. The quantitative estimate of drug-likeness (QED) is 0.457. The van der Waals surface area contributed by atoms with E-state index in [0.29, 0.717) is 12.2 Å². The number of fused-ring (bicyclic) bond motifs is 1. The predicted molar refractivity (Wildman–Crippen MR) is 118 cm³/mol. The van der Waals surface area contributed by atoms with Gasteiger partial charge in [0.15, 0.2) is 0 Å². The van der Waals surface area contributed by atoms with Crippen molar-refractivity contribution in [1.82, 2.24) is 9.88 Å². The molecule has 0 fully saturated rings. The molecule has 0 aliphatic rings. The first-order valence-electron chi connectivity index (χ1n) is 9.37. The van der Waals surface area contributed by atoms with Gasteiger partial charge in [0.1, 0.15) is 11.4 Å². The van der Waals surface area contributed by atoms with Gasteiger partial charge in [0.05, 0.1) is 17.5 Å². The number of carbonyl (C=O) groups excluding carboxylic acids is 1. The molecule has 0 bridgehead atoms. The number of ether oxygens (including phenoxy) is 1. The third kappa shape index (κ3) is 4.15. The van der Waals surface area contributed by atoms with E-state index in [0.717, 1.165) is 32.0 Å². The van der Waals surface area contributed by atoms with Crippen LogP contribution in [0.3, 0.4) is 0 Å². The summed E-state index contributed by atoms with van der Waals surface area (Å²) < 4.78 is 5.35. The van der Waals surface area contributed by atoms with Gasteiger partial charge in [0.25, 0.3) is 5.91 Å². The first-order chi connectivity index (χ1) is 14.2. The maximum absolute atomic E-state index is 13.3. The van der Waals surface area contributed by atoms with E-state index in [1.807, 2.05) is 73.8 Å². The van der Waals surface area contributed by atoms with Crippen molar-refractivity contribution >= 4 is 28.6 Å². The lowest BCUT2D eigenvalue weighted by Gasteiger charge is -2.17. The van der Waals surface area contributed by atoms with Crippen LogP contribution >= 0.6 is 11.8 Å². The van der Waals surface area contributed by atoms with Crippen molar-refractivity contribution in [2.75, 3.05) is 14.2 Å². The average molecular weight is 403 g/mol. The van der Waals surface area contributed by atoms with Crippen molar-refractivity contribution in [2.45, 2.75) is 16.3 Å². The molecule has 4 rings (SSSR count). The van der Waals surface area contributed by atoms with Crippen molar-refractivity contribution in [2.24, 2.45) is 0 Å². The van der Waals surface area contributed by atoms with Crippen molar-refractivity contribution in [3.05, 3.63) is 90.1 Å². The average Bonchev–Trinajstić information content (AvgIpc) is 3.12. The van der Waals surface area contributed by atoms with Crippen molar-refractivity contribution in [1.29, 1.82) is 0 Å². The molecular formula is C24H22N2O2S. The van der Waals surface area contributed by atoms with Crippen LogP contribution in [-0.4, -0.2) is 29.9 Å². The molecular weight excluding hydrogens is 380 g/mol. The van der Waals surface area contributed by atoms with Crippen LogP contribution in [0, 0.1) is 0 Å². The zero-order valence-electron chi connectivity index (χ0n) is 16.4. The molecule has 1 amide bonds. The van der Waals surface area contributed by atoms with Gasteiger partial charge in [0.2, 0.25) is 0 Å². The number of hydrogen-bond donors (Lipinski definition) is 1. The number of H-pyrrole nitrogens is 1. The molecule has 29 heavy (non-hydrogen) atoms. The van der Waals surface area contributed by atoms with Crippen LogP contribution in [-0.2, 0) is 6.54 Å². The number of methoxy groups -OCH3 is 1. The summed E-state index contributed by atoms with van der Waals surface area (Å²) in [7, 11) is 3.47. The summed E-state index contributed by atoms with van der Waals surface area (Å²) in [5, 5.41) is 1.01. The number of amides is 1. The van der Waals surface area contributed by atoms with Crippen LogP contribution < -0.4 is 4.74 Å². The highest BCUT2D eigenvalue weighted by molar-refractivity contribution is 7.99. The molecule has 1 heterocycles. The molecule has 0 aliphatic heterocycles. The predicted octanol–water partition coefficient (Wildman–Crippen LogP) is 5.60. The summed E-state index contributed by atoms with van der Waals surface area (Å²) in [4.78, 5) is 20.4. The second kappa shape index (κ2) is 8.45. The standard InChI is InChI=1S/C24H22N2O2S/c1-26(16-17-9-5-3-6-10-17)24(27)22-23(29-19-11-7-4-8-12-19)20-14-13-18(28-2)15-21(20)25-22/h3-15,25H,16H2,1-2H3. The third-order valence-corrected chi connectivity index (χ3v) is 5.88. The van der Waals surface area contributed by atoms with E-state index in [-0.39, 0.29) is 5.91 Å². The van der Waals surface area contributed by atoms with Gasteiger partial charge >= 0.3 is 0 Å². The Morgan fingerprint density at radius 3 is 2.38 bits per heavy atom. The number of hydrogen-bond acceptors (Lipinski definition) is 3. The Morgan fingerprint density at radius 1 is 1.00 bits per heavy atom. The highest BCUT2D eigenvalue weighted by Crippen LogP contribution is 2.38. The molecule has 0 radical (unpaired) electrons. The second-order valence-corrected chi connectivity index (χ2v) is 7.89. The Kier molecular flexibility index (Phi) is 5.58. The van der Waals surface area contributed by atoms with Crippen LogP contribution in [0.25, 0.3) is 10.9 Å². The van der Waals surface area contributed by atoms with E-state index in [1.165, 1.54) is 0 Å². The van der Waals surface area contributed by atoms with E-state index in [9.17, 15) is 4.79 Å². The third-order valence-electron chi connectivity index (χ3n) is 4.74. The minimum atomic E-state index is -0.0394. The first kappa shape index (κ1) is 19.2. The molecule has 0 atom stereocenters. The van der Waals surface area contributed by atoms with Gasteiger partial charge in [-0.1, -0.05) is 60.3 Å². The van der Waals surface area contributed by atoms with Crippen LogP contribution in [0.1, 0.15) is 16.1 Å². The molecule has 4 aromatic rings. The Labute approximate surface area is 174 Å². The number of nitrogens with zero attached hydrogens (tertiary/aromatic N) is 1. The summed E-state index contributed by atoms with van der Waals surface area (Å²) in [5.74, 6) is 0.717. The fraction of sp³-hybridized carbons (Fsp3) is 0.125. The summed E-state index contributed by atoms with van der Waals surface area (Å²) in [5.41, 5.74) is 2.58. The van der Waals surface area contributed by atoms with Crippen LogP contribution in [0.2, 0.25) is 0 Å². The van der Waals surface area contributed by atoms with E-state index in [4.69, 9.17) is 4.74 Å². The molecule has 0 spiro atoms. The Bertz CT molecular complexity index is 1120. The maximum Gasteiger partial charge on any atom is 0.271 e. The lowest BCUT2D eigenvalue weighted by molar-refractivity contribution is 0.0777. The molecule has 0 saturated heterocycles. The van der Waals surface area contributed by atoms with E-state index >= 15 is 0 Å². The van der Waals surface area contributed by atoms with Crippen molar-refractivity contribution in [3.63, 3.8) is 0 Å². The fourth-order valence-corrected chi connectivity index (χ4v) is 4.32. The number of carbonyl (C=O) groups is 1. The number of benzene rings is 3. The van der Waals surface area contributed by atoms with Gasteiger partial charge < -0.3 is 14.6 Å². The number of aromatic amines is 1. The summed E-state index contributed by atoms with van der Waals surface area (Å²) >= 11 is 1.60. The van der Waals surface area contributed by atoms with Gasteiger partial charge in [-0.25, -0.2) is 0 Å². The van der Waals surface area contributed by atoms with E-state index in [2.05, 4.69) is 17.1 Å². The molecule has 0 aliphatic carbocycles. The fourth-order valence-electron chi connectivity index (χ4n) is 3.26. The molecule has 1 aromatic heterocycles. The van der Waals surface area contributed by atoms with Crippen LogP contribution in [0.15, 0.2) is 88.7 Å². The zero-order chi connectivity index (χ0) is 20.2. The lowest BCUT2D eigenvalue weighted by atomic mass is 10.2. The van der Waals surface area contributed by atoms with Crippen molar-refractivity contribution in [3.8, 4) is 5.75 Å². The molecule has 1 N–H and O–H groups in total. The Morgan fingerprint density at radius 2 is 1.69 bits per heavy atom. The van der Waals surface area contributed by atoms with E-state index in [1.54, 1.807) is 23.8 Å². The molecule has 4 nitrogen and oxygen atoms in total. The van der Waals surface area contributed by atoms with Crippen LogP contribution in [0.5, 0.6) is 5.75 Å². The van der Waals surface area contributed by atoms with Crippen LogP contribution in [0.4, 0.5) is 0 Å². The molecule has 3 aromatic carbocycles. The largest absolute Gasteiger partial charge is 0.497 e. The Balaban J connectivity index is 1.73. The smallest absolute Gasteiger partial charge is 0.271 e. The minimum Gasteiger partial charge on any atom is -0.497 e. The molecule has 0 unspecified atom stereocenters. The summed E-state index contributed by atoms with van der Waals surface area (Å²) in [6.45, 7) is 0.549. The maximum atomic E-state index is 13.3. The monoisotopic (exact) mass is 402 g/mol. The van der Waals surface area contributed by atoms with Gasteiger partial charge in [-0.2, -0.15) is 0 Å². The molecule has 146 valence electrons.